The van der Waals surface area contributed by atoms with Crippen LogP contribution in [0.5, 0.6) is 0 Å². The molecule has 1 amide bonds. The Bertz CT molecular complexity index is 710. The first-order valence-corrected chi connectivity index (χ1v) is 7.27. The maximum atomic E-state index is 12.1. The van der Waals surface area contributed by atoms with Crippen LogP contribution in [0.3, 0.4) is 0 Å². The van der Waals surface area contributed by atoms with Gasteiger partial charge in [-0.2, -0.15) is 10.2 Å². The summed E-state index contributed by atoms with van der Waals surface area (Å²) < 4.78 is 3.75. The number of nitrogens with one attached hydrogen (secondary N) is 1. The lowest BCUT2D eigenvalue weighted by molar-refractivity contribution is -0.116. The van der Waals surface area contributed by atoms with E-state index in [2.05, 4.69) is 29.4 Å². The van der Waals surface area contributed by atoms with Crippen LogP contribution in [-0.2, 0) is 11.8 Å². The second-order valence-electron chi connectivity index (χ2n) is 6.00. The molecule has 1 N–H and O–H groups in total. The minimum absolute atomic E-state index is 0.0370. The predicted molar refractivity (Wildman–Crippen MR) is 80.4 cm³/mol. The van der Waals surface area contributed by atoms with Gasteiger partial charge < -0.3 is 5.32 Å². The highest BCUT2D eigenvalue weighted by atomic mass is 16.1. The molecule has 3 rings (SSSR count). The summed E-state index contributed by atoms with van der Waals surface area (Å²) >= 11 is 0. The number of hydrogen-bond donors (Lipinski definition) is 1. The van der Waals surface area contributed by atoms with Gasteiger partial charge in [0.05, 0.1) is 11.9 Å². The maximum Gasteiger partial charge on any atom is 0.226 e. The number of carbonyl (C=O) groups excluding carboxylic acids is 1. The summed E-state index contributed by atoms with van der Waals surface area (Å²) in [5, 5.41) is 11.9. The number of hydrogen-bond acceptors (Lipinski definition) is 3. The second-order valence-corrected chi connectivity index (χ2v) is 6.00. The van der Waals surface area contributed by atoms with Gasteiger partial charge in [-0.1, -0.05) is 0 Å². The van der Waals surface area contributed by atoms with E-state index >= 15 is 0 Å². The van der Waals surface area contributed by atoms with Crippen LogP contribution in [0.15, 0.2) is 6.20 Å². The molecule has 0 fully saturated rings. The zero-order valence-corrected chi connectivity index (χ0v) is 13.1. The monoisotopic (exact) mass is 287 g/mol. The topological polar surface area (TPSA) is 64.7 Å². The van der Waals surface area contributed by atoms with Crippen LogP contribution in [-0.4, -0.2) is 25.5 Å². The molecule has 1 unspecified atom stereocenters. The summed E-state index contributed by atoms with van der Waals surface area (Å²) in [6.45, 7) is 8.17. The quantitative estimate of drug-likeness (QED) is 0.921. The molecule has 0 aliphatic carbocycles. The van der Waals surface area contributed by atoms with E-state index in [1.54, 1.807) is 0 Å². The number of anilines is 1. The zero-order chi connectivity index (χ0) is 15.3. The molecule has 0 radical (unpaired) electrons. The van der Waals surface area contributed by atoms with E-state index in [0.717, 1.165) is 28.3 Å². The number of rotatable bonds is 2. The third-order valence-electron chi connectivity index (χ3n) is 4.25. The van der Waals surface area contributed by atoms with Gasteiger partial charge >= 0.3 is 0 Å². The second kappa shape index (κ2) is 4.72. The van der Waals surface area contributed by atoms with Crippen molar-refractivity contribution in [3.8, 4) is 0 Å². The first kappa shape index (κ1) is 13.9. The van der Waals surface area contributed by atoms with Crippen molar-refractivity contribution < 1.29 is 4.79 Å². The molecule has 21 heavy (non-hydrogen) atoms. The summed E-state index contributed by atoms with van der Waals surface area (Å²) in [5.41, 5.74) is 4.33. The van der Waals surface area contributed by atoms with Gasteiger partial charge in [-0.25, -0.2) is 4.68 Å². The Morgan fingerprint density at radius 1 is 1.38 bits per heavy atom. The third-order valence-corrected chi connectivity index (χ3v) is 4.25. The first-order valence-electron chi connectivity index (χ1n) is 7.27. The average Bonchev–Trinajstić information content (AvgIpc) is 2.91. The Labute approximate surface area is 124 Å². The Balaban J connectivity index is 2.16. The van der Waals surface area contributed by atoms with Crippen molar-refractivity contribution in [1.29, 1.82) is 0 Å². The highest BCUT2D eigenvalue weighted by Gasteiger charge is 2.33. The van der Waals surface area contributed by atoms with Crippen LogP contribution in [0.25, 0.3) is 0 Å². The molecule has 6 heteroatoms. The lowest BCUT2D eigenvalue weighted by Crippen LogP contribution is -2.25. The largest absolute Gasteiger partial charge is 0.311 e. The van der Waals surface area contributed by atoms with Gasteiger partial charge in [-0.15, -0.1) is 0 Å². The molecule has 1 aliphatic heterocycles. The molecule has 1 atom stereocenters. The van der Waals surface area contributed by atoms with E-state index in [1.165, 1.54) is 0 Å². The van der Waals surface area contributed by atoms with Crippen molar-refractivity contribution in [3.05, 3.63) is 28.7 Å². The van der Waals surface area contributed by atoms with Crippen LogP contribution < -0.4 is 5.32 Å². The fraction of sp³-hybridized carbons (Fsp3) is 0.533. The van der Waals surface area contributed by atoms with Gasteiger partial charge in [0.15, 0.2) is 0 Å². The molecule has 0 spiro atoms. The van der Waals surface area contributed by atoms with Crippen molar-refractivity contribution in [3.63, 3.8) is 0 Å². The van der Waals surface area contributed by atoms with Crippen molar-refractivity contribution in [1.82, 2.24) is 19.6 Å². The smallest absolute Gasteiger partial charge is 0.226 e. The SMILES string of the molecule is Cc1nn(C)c(C)c1C1CC(=O)Nc2c1cnn2C(C)C. The van der Waals surface area contributed by atoms with E-state index in [1.807, 2.05) is 36.5 Å². The molecule has 1 aliphatic rings. The van der Waals surface area contributed by atoms with E-state index in [9.17, 15) is 4.79 Å². The molecule has 6 nitrogen and oxygen atoms in total. The summed E-state index contributed by atoms with van der Waals surface area (Å²) in [5.74, 6) is 0.904. The van der Waals surface area contributed by atoms with Crippen LogP contribution in [0, 0.1) is 13.8 Å². The predicted octanol–water partition coefficient (Wildman–Crippen LogP) is 2.29. The summed E-state index contributed by atoms with van der Waals surface area (Å²) in [6.07, 6.45) is 2.33. The van der Waals surface area contributed by atoms with E-state index in [-0.39, 0.29) is 17.9 Å². The highest BCUT2D eigenvalue weighted by Crippen LogP contribution is 2.40. The highest BCUT2D eigenvalue weighted by molar-refractivity contribution is 5.94. The molecule has 0 saturated carbocycles. The van der Waals surface area contributed by atoms with Crippen molar-refractivity contribution in [2.45, 2.75) is 46.1 Å². The molecule has 3 heterocycles. The van der Waals surface area contributed by atoms with E-state index in [4.69, 9.17) is 0 Å². The summed E-state index contributed by atoms with van der Waals surface area (Å²) in [7, 11) is 1.94. The normalized spacial score (nSPS) is 18.0. The van der Waals surface area contributed by atoms with Gasteiger partial charge in [0.2, 0.25) is 5.91 Å². The lowest BCUT2D eigenvalue weighted by atomic mass is 9.86. The van der Waals surface area contributed by atoms with Gasteiger partial charge in [-0.3, -0.25) is 9.48 Å². The Hall–Kier alpha value is -2.11. The van der Waals surface area contributed by atoms with E-state index < -0.39 is 0 Å². The Morgan fingerprint density at radius 2 is 2.10 bits per heavy atom. The van der Waals surface area contributed by atoms with Crippen LogP contribution in [0.2, 0.25) is 0 Å². The Morgan fingerprint density at radius 3 is 2.67 bits per heavy atom. The fourth-order valence-electron chi connectivity index (χ4n) is 3.18. The molecule has 2 aromatic rings. The third kappa shape index (κ3) is 2.05. The van der Waals surface area contributed by atoms with Crippen molar-refractivity contribution in [2.75, 3.05) is 5.32 Å². The molecule has 0 bridgehead atoms. The molecule has 0 saturated heterocycles. The lowest BCUT2D eigenvalue weighted by Gasteiger charge is -2.24. The van der Waals surface area contributed by atoms with Gasteiger partial charge in [0.1, 0.15) is 5.82 Å². The molecular formula is C15H21N5O. The number of aryl methyl sites for hydroxylation is 2. The summed E-state index contributed by atoms with van der Waals surface area (Å²) in [6, 6.07) is 0.212. The molecule has 0 aromatic carbocycles. The van der Waals surface area contributed by atoms with Crippen LogP contribution in [0.4, 0.5) is 5.82 Å². The first-order chi connectivity index (χ1) is 9.90. The van der Waals surface area contributed by atoms with Crippen LogP contribution in [0.1, 0.15) is 54.7 Å². The van der Waals surface area contributed by atoms with E-state index in [0.29, 0.717) is 6.42 Å². The molecule has 2 aromatic heterocycles. The number of fused-ring (bicyclic) bond motifs is 1. The maximum absolute atomic E-state index is 12.1. The van der Waals surface area contributed by atoms with Gasteiger partial charge in [0.25, 0.3) is 0 Å². The van der Waals surface area contributed by atoms with Crippen molar-refractivity contribution >= 4 is 11.7 Å². The fourth-order valence-corrected chi connectivity index (χ4v) is 3.18. The molecular weight excluding hydrogens is 266 g/mol. The van der Waals surface area contributed by atoms with Gasteiger partial charge in [-0.05, 0) is 27.7 Å². The minimum Gasteiger partial charge on any atom is -0.311 e. The summed E-state index contributed by atoms with van der Waals surface area (Å²) in [4.78, 5) is 12.1. The number of carbonyl (C=O) groups is 1. The number of amides is 1. The van der Waals surface area contributed by atoms with Crippen molar-refractivity contribution in [2.24, 2.45) is 7.05 Å². The average molecular weight is 287 g/mol. The number of nitrogens with zero attached hydrogens (tertiary/aromatic N) is 4. The minimum atomic E-state index is 0.0370. The number of aromatic nitrogens is 4. The zero-order valence-electron chi connectivity index (χ0n) is 13.1. The Kier molecular flexibility index (Phi) is 3.11. The standard InChI is InChI=1S/C15H21N5O/c1-8(2)20-15-12(7-16-20)11(6-13(21)17-15)14-9(3)18-19(5)10(14)4/h7-8,11H,6H2,1-5H3,(H,17,21). The van der Waals surface area contributed by atoms with Crippen LogP contribution >= 0.6 is 0 Å². The molecule has 112 valence electrons. The van der Waals surface area contributed by atoms with Gasteiger partial charge in [0, 0.05) is 42.2 Å².